The van der Waals surface area contributed by atoms with E-state index in [0.29, 0.717) is 11.3 Å². The topological polar surface area (TPSA) is 107 Å². The molecule has 0 bridgehead atoms. The van der Waals surface area contributed by atoms with Gasteiger partial charge in [0.1, 0.15) is 5.75 Å². The number of aromatic amines is 1. The van der Waals surface area contributed by atoms with Crippen molar-refractivity contribution in [1.29, 1.82) is 0 Å². The summed E-state index contributed by atoms with van der Waals surface area (Å²) in [6.45, 7) is 0. The smallest absolute Gasteiger partial charge is 0.344 e. The number of ether oxygens (including phenoxy) is 2. The second kappa shape index (κ2) is 5.21. The first-order valence-electron chi connectivity index (χ1n) is 5.31. The van der Waals surface area contributed by atoms with Crippen molar-refractivity contribution in [3.05, 3.63) is 41.9 Å². The molecule has 0 radical (unpaired) electrons. The number of carbonyl (C=O) groups is 2. The Morgan fingerprint density at radius 3 is 2.53 bits per heavy atom. The molecular formula is C12H11N3O4. The lowest BCUT2D eigenvalue weighted by atomic mass is 10.2. The molecule has 1 amide bonds. The molecule has 1 heterocycles. The Morgan fingerprint density at radius 1 is 1.26 bits per heavy atom. The van der Waals surface area contributed by atoms with E-state index in [-0.39, 0.29) is 11.6 Å². The number of esters is 1. The van der Waals surface area contributed by atoms with Gasteiger partial charge in [-0.3, -0.25) is 4.79 Å². The number of nitrogens with one attached hydrogen (secondary N) is 1. The molecule has 0 saturated heterocycles. The van der Waals surface area contributed by atoms with Gasteiger partial charge in [0.2, 0.25) is 0 Å². The van der Waals surface area contributed by atoms with E-state index in [4.69, 9.17) is 15.2 Å². The fourth-order valence-corrected chi connectivity index (χ4v) is 1.41. The number of hydrogen-bond acceptors (Lipinski definition) is 5. The van der Waals surface area contributed by atoms with Crippen molar-refractivity contribution in [2.45, 2.75) is 0 Å². The molecule has 0 unspecified atom stereocenters. The number of methoxy groups -OCH3 is 1. The van der Waals surface area contributed by atoms with Crippen molar-refractivity contribution in [3.8, 4) is 11.6 Å². The quantitative estimate of drug-likeness (QED) is 0.789. The lowest BCUT2D eigenvalue weighted by Gasteiger charge is -2.03. The molecule has 2 aromatic rings. The first-order valence-corrected chi connectivity index (χ1v) is 5.31. The molecule has 7 nitrogen and oxygen atoms in total. The molecule has 3 N–H and O–H groups in total. The molecule has 0 aliphatic carbocycles. The van der Waals surface area contributed by atoms with Crippen molar-refractivity contribution in [2.24, 2.45) is 5.73 Å². The van der Waals surface area contributed by atoms with Gasteiger partial charge in [0, 0.05) is 0 Å². The average Bonchev–Trinajstić information content (AvgIpc) is 2.87. The van der Waals surface area contributed by atoms with E-state index < -0.39 is 11.9 Å². The molecular weight excluding hydrogens is 250 g/mol. The summed E-state index contributed by atoms with van der Waals surface area (Å²) in [5, 5.41) is 0. The average molecular weight is 261 g/mol. The predicted molar refractivity (Wildman–Crippen MR) is 65.1 cm³/mol. The number of amides is 1. The van der Waals surface area contributed by atoms with Crippen LogP contribution >= 0.6 is 0 Å². The van der Waals surface area contributed by atoms with Crippen LogP contribution in [-0.4, -0.2) is 29.0 Å². The standard InChI is InChI=1S/C12H11N3O4/c1-18-8-4-2-7(3-5-8)12(17)19-11-9(10(13)16)14-6-15-11/h2-6H,1H3,(H2,13,16)(H,14,15). The van der Waals surface area contributed by atoms with Crippen LogP contribution in [0.1, 0.15) is 20.8 Å². The number of aromatic nitrogens is 2. The van der Waals surface area contributed by atoms with E-state index in [9.17, 15) is 9.59 Å². The van der Waals surface area contributed by atoms with Crippen LogP contribution in [0.2, 0.25) is 0 Å². The number of nitrogens with two attached hydrogens (primary N) is 1. The van der Waals surface area contributed by atoms with Gasteiger partial charge in [0.15, 0.2) is 5.69 Å². The molecule has 0 atom stereocenters. The van der Waals surface area contributed by atoms with E-state index in [1.807, 2.05) is 0 Å². The third-order valence-corrected chi connectivity index (χ3v) is 2.37. The molecule has 7 heteroatoms. The number of rotatable bonds is 4. The van der Waals surface area contributed by atoms with Gasteiger partial charge in [-0.2, -0.15) is 0 Å². The summed E-state index contributed by atoms with van der Waals surface area (Å²) in [7, 11) is 1.52. The highest BCUT2D eigenvalue weighted by atomic mass is 16.5. The Bertz CT molecular complexity index is 604. The molecule has 19 heavy (non-hydrogen) atoms. The fraction of sp³-hybridized carbons (Fsp3) is 0.0833. The second-order valence-corrected chi connectivity index (χ2v) is 3.56. The van der Waals surface area contributed by atoms with Gasteiger partial charge in [0.05, 0.1) is 19.0 Å². The van der Waals surface area contributed by atoms with Crippen molar-refractivity contribution in [2.75, 3.05) is 7.11 Å². The third-order valence-electron chi connectivity index (χ3n) is 2.37. The molecule has 0 spiro atoms. The Balaban J connectivity index is 2.16. The SMILES string of the molecule is COc1ccc(C(=O)Oc2nc[nH]c2C(N)=O)cc1. The largest absolute Gasteiger partial charge is 0.497 e. The van der Waals surface area contributed by atoms with E-state index in [1.165, 1.54) is 25.6 Å². The van der Waals surface area contributed by atoms with Gasteiger partial charge in [-0.25, -0.2) is 9.78 Å². The third kappa shape index (κ3) is 2.71. The van der Waals surface area contributed by atoms with Gasteiger partial charge >= 0.3 is 5.97 Å². The maximum atomic E-state index is 11.8. The molecule has 1 aromatic carbocycles. The van der Waals surface area contributed by atoms with Gasteiger partial charge < -0.3 is 20.2 Å². The monoisotopic (exact) mass is 261 g/mol. The van der Waals surface area contributed by atoms with Gasteiger partial charge in [-0.1, -0.05) is 0 Å². The Hall–Kier alpha value is -2.83. The van der Waals surface area contributed by atoms with Crippen LogP contribution in [0.3, 0.4) is 0 Å². The first kappa shape index (κ1) is 12.6. The molecule has 0 aliphatic heterocycles. The summed E-state index contributed by atoms with van der Waals surface area (Å²) in [6, 6.07) is 6.32. The Labute approximate surface area is 108 Å². The predicted octanol–water partition coefficient (Wildman–Crippen LogP) is 0.736. The number of H-pyrrole nitrogens is 1. The lowest BCUT2D eigenvalue weighted by Crippen LogP contribution is -2.16. The highest BCUT2D eigenvalue weighted by Gasteiger charge is 2.17. The van der Waals surface area contributed by atoms with Crippen molar-refractivity contribution >= 4 is 11.9 Å². The number of benzene rings is 1. The van der Waals surface area contributed by atoms with Gasteiger partial charge in [-0.05, 0) is 24.3 Å². The van der Waals surface area contributed by atoms with Crippen molar-refractivity contribution in [3.63, 3.8) is 0 Å². The zero-order valence-corrected chi connectivity index (χ0v) is 10.0. The second-order valence-electron chi connectivity index (χ2n) is 3.56. The maximum absolute atomic E-state index is 11.8. The number of imidazole rings is 1. The maximum Gasteiger partial charge on any atom is 0.344 e. The first-order chi connectivity index (χ1) is 9.11. The van der Waals surface area contributed by atoms with Crippen LogP contribution in [0, 0.1) is 0 Å². The molecule has 0 fully saturated rings. The summed E-state index contributed by atoms with van der Waals surface area (Å²) in [5.74, 6) is -0.922. The molecule has 1 aromatic heterocycles. The van der Waals surface area contributed by atoms with Crippen molar-refractivity contribution < 1.29 is 19.1 Å². The van der Waals surface area contributed by atoms with E-state index >= 15 is 0 Å². The summed E-state index contributed by atoms with van der Waals surface area (Å²) in [5.41, 5.74) is 5.34. The van der Waals surface area contributed by atoms with Gasteiger partial charge in [-0.15, -0.1) is 0 Å². The van der Waals surface area contributed by atoms with Crippen LogP contribution in [0.5, 0.6) is 11.6 Å². The van der Waals surface area contributed by atoms with Gasteiger partial charge in [0.25, 0.3) is 11.8 Å². The highest BCUT2D eigenvalue weighted by Crippen LogP contribution is 2.16. The Kier molecular flexibility index (Phi) is 3.46. The molecule has 0 saturated carbocycles. The minimum absolute atomic E-state index is 0.0538. The number of nitrogens with zero attached hydrogens (tertiary/aromatic N) is 1. The van der Waals surface area contributed by atoms with Crippen LogP contribution in [0.25, 0.3) is 0 Å². The summed E-state index contributed by atoms with van der Waals surface area (Å²) in [4.78, 5) is 29.1. The normalized spacial score (nSPS) is 9.95. The minimum atomic E-state index is -0.755. The summed E-state index contributed by atoms with van der Waals surface area (Å²) < 4.78 is 9.96. The fourth-order valence-electron chi connectivity index (χ4n) is 1.41. The van der Waals surface area contributed by atoms with Crippen LogP contribution in [0.15, 0.2) is 30.6 Å². The van der Waals surface area contributed by atoms with Crippen molar-refractivity contribution in [1.82, 2.24) is 9.97 Å². The highest BCUT2D eigenvalue weighted by molar-refractivity contribution is 5.96. The number of primary amides is 1. The zero-order valence-electron chi connectivity index (χ0n) is 10.0. The number of carbonyl (C=O) groups excluding carboxylic acids is 2. The molecule has 2 rings (SSSR count). The molecule has 0 aliphatic rings. The van der Waals surface area contributed by atoms with Crippen LogP contribution < -0.4 is 15.2 Å². The van der Waals surface area contributed by atoms with Crippen LogP contribution in [-0.2, 0) is 0 Å². The summed E-state index contributed by atoms with van der Waals surface area (Å²) >= 11 is 0. The lowest BCUT2D eigenvalue weighted by molar-refractivity contribution is 0.0726. The zero-order chi connectivity index (χ0) is 13.8. The van der Waals surface area contributed by atoms with E-state index in [2.05, 4.69) is 9.97 Å². The minimum Gasteiger partial charge on any atom is -0.497 e. The summed E-state index contributed by atoms with van der Waals surface area (Å²) in [6.07, 6.45) is 1.22. The van der Waals surface area contributed by atoms with Crippen LogP contribution in [0.4, 0.5) is 0 Å². The molecule has 98 valence electrons. The van der Waals surface area contributed by atoms with E-state index in [1.54, 1.807) is 12.1 Å². The Morgan fingerprint density at radius 2 is 1.95 bits per heavy atom. The number of hydrogen-bond donors (Lipinski definition) is 2. The van der Waals surface area contributed by atoms with E-state index in [0.717, 1.165) is 0 Å².